The predicted molar refractivity (Wildman–Crippen MR) is 338 cm³/mol. The minimum Gasteiger partial charge on any atom is -0.310 e. The third-order valence-electron chi connectivity index (χ3n) is 18.4. The summed E-state index contributed by atoms with van der Waals surface area (Å²) in [4.78, 5) is 4.78. The quantitative estimate of drug-likeness (QED) is 0.100. The van der Waals surface area contributed by atoms with E-state index in [0.717, 1.165) is 48.4 Å². The zero-order valence-corrected chi connectivity index (χ0v) is 46.5. The van der Waals surface area contributed by atoms with Gasteiger partial charge in [-0.15, -0.1) is 0 Å². The van der Waals surface area contributed by atoms with E-state index in [2.05, 4.69) is 306 Å². The van der Waals surface area contributed by atoms with Gasteiger partial charge in [-0.25, -0.2) is 0 Å². The lowest BCUT2D eigenvalue weighted by atomic mass is 9.73. The van der Waals surface area contributed by atoms with Crippen molar-refractivity contribution in [3.8, 4) is 33.4 Å². The molecule has 0 N–H and O–H groups in total. The highest BCUT2D eigenvalue weighted by molar-refractivity contribution is 5.90. The van der Waals surface area contributed by atoms with Crippen molar-refractivity contribution < 1.29 is 0 Å². The normalized spacial score (nSPS) is 14.6. The molecular weight excluding hydrogens is 953 g/mol. The van der Waals surface area contributed by atoms with Gasteiger partial charge in [0.05, 0.1) is 0 Å². The van der Waals surface area contributed by atoms with Crippen LogP contribution >= 0.6 is 0 Å². The number of hydrogen-bond donors (Lipinski definition) is 0. The zero-order chi connectivity index (χ0) is 53.9. The van der Waals surface area contributed by atoms with Gasteiger partial charge in [-0.2, -0.15) is 0 Å². The highest BCUT2D eigenvalue weighted by Gasteiger charge is 2.43. The average Bonchev–Trinajstić information content (AvgIpc) is 4.27. The third kappa shape index (κ3) is 8.22. The Labute approximate surface area is 468 Å². The van der Waals surface area contributed by atoms with E-state index in [4.69, 9.17) is 0 Å². The zero-order valence-electron chi connectivity index (χ0n) is 46.5. The molecular formula is C77H68N2. The molecule has 3 aliphatic carbocycles. The van der Waals surface area contributed by atoms with Gasteiger partial charge in [0.2, 0.25) is 0 Å². The monoisotopic (exact) mass is 1020 g/mol. The van der Waals surface area contributed by atoms with E-state index in [-0.39, 0.29) is 16.2 Å². The summed E-state index contributed by atoms with van der Waals surface area (Å²) in [6, 6.07) is 85.8. The molecule has 0 unspecified atom stereocenters. The SMILES string of the molecule is CCC1(CC)c2cc(C=Cc3ccc4c(c3)C(C)(C)c3cc(C=Cc5ccc6c(c5)C(CC)(CC)c5cc(N(c7ccccc7)c7ccccc7)ccc5-6)ccc3-4)ccc2-c2ccc(N(c3ccccc3)c3ccccc3)cc21. The van der Waals surface area contributed by atoms with E-state index < -0.39 is 0 Å². The summed E-state index contributed by atoms with van der Waals surface area (Å²) in [7, 11) is 0. The van der Waals surface area contributed by atoms with Crippen LogP contribution in [0.3, 0.4) is 0 Å². The van der Waals surface area contributed by atoms with Crippen LogP contribution < -0.4 is 9.80 Å². The van der Waals surface area contributed by atoms with Crippen molar-refractivity contribution in [3.63, 3.8) is 0 Å². The lowest BCUT2D eigenvalue weighted by Crippen LogP contribution is -2.23. The second kappa shape index (κ2) is 19.9. The smallest absolute Gasteiger partial charge is 0.0465 e. The van der Waals surface area contributed by atoms with Crippen molar-refractivity contribution in [1.29, 1.82) is 0 Å². The van der Waals surface area contributed by atoms with Crippen LogP contribution in [0.25, 0.3) is 57.7 Å². The van der Waals surface area contributed by atoms with Crippen molar-refractivity contribution in [2.24, 2.45) is 0 Å². The van der Waals surface area contributed by atoms with Gasteiger partial charge in [0, 0.05) is 50.4 Å². The Hall–Kier alpha value is -8.72. The molecule has 0 aromatic heterocycles. The number of benzene rings is 10. The van der Waals surface area contributed by atoms with E-state index in [1.807, 2.05) is 0 Å². The molecule has 3 aliphatic rings. The number of para-hydroxylation sites is 4. The van der Waals surface area contributed by atoms with E-state index in [1.54, 1.807) is 0 Å². The highest BCUT2D eigenvalue weighted by atomic mass is 15.1. The number of hydrogen-bond acceptors (Lipinski definition) is 2. The van der Waals surface area contributed by atoms with Crippen LogP contribution in [-0.4, -0.2) is 0 Å². The molecule has 0 radical (unpaired) electrons. The molecule has 0 fully saturated rings. The maximum absolute atomic E-state index is 2.47. The van der Waals surface area contributed by atoms with Gasteiger partial charge in [-0.05, 0) is 187 Å². The Morgan fingerprint density at radius 2 is 0.506 bits per heavy atom. The molecule has 79 heavy (non-hydrogen) atoms. The van der Waals surface area contributed by atoms with Gasteiger partial charge < -0.3 is 9.80 Å². The fourth-order valence-electron chi connectivity index (χ4n) is 14.1. The molecule has 0 aliphatic heterocycles. The van der Waals surface area contributed by atoms with Crippen LogP contribution in [0.4, 0.5) is 34.1 Å². The van der Waals surface area contributed by atoms with Crippen LogP contribution in [-0.2, 0) is 16.2 Å². The van der Waals surface area contributed by atoms with E-state index in [1.165, 1.54) is 100 Å². The molecule has 0 saturated carbocycles. The van der Waals surface area contributed by atoms with Gasteiger partial charge in [-0.3, -0.25) is 0 Å². The second-order valence-electron chi connectivity index (χ2n) is 22.6. The molecule has 386 valence electrons. The number of fused-ring (bicyclic) bond motifs is 9. The molecule has 0 amide bonds. The first kappa shape index (κ1) is 49.8. The minimum absolute atomic E-state index is 0.0782. The number of rotatable bonds is 14. The van der Waals surface area contributed by atoms with Gasteiger partial charge in [0.15, 0.2) is 0 Å². The van der Waals surface area contributed by atoms with E-state index >= 15 is 0 Å². The van der Waals surface area contributed by atoms with Crippen LogP contribution in [0, 0.1) is 0 Å². The number of anilines is 6. The Balaban J connectivity index is 0.753. The predicted octanol–water partition coefficient (Wildman–Crippen LogP) is 21.4. The third-order valence-corrected chi connectivity index (χ3v) is 18.4. The maximum atomic E-state index is 2.47. The Kier molecular flexibility index (Phi) is 12.6. The summed E-state index contributed by atoms with van der Waals surface area (Å²) >= 11 is 0. The summed E-state index contributed by atoms with van der Waals surface area (Å²) in [6.07, 6.45) is 13.4. The van der Waals surface area contributed by atoms with Gasteiger partial charge >= 0.3 is 0 Å². The van der Waals surface area contributed by atoms with Crippen molar-refractivity contribution in [3.05, 3.63) is 286 Å². The molecule has 0 spiro atoms. The lowest BCUT2D eigenvalue weighted by Gasteiger charge is -2.32. The van der Waals surface area contributed by atoms with Crippen LogP contribution in [0.2, 0.25) is 0 Å². The fourth-order valence-corrected chi connectivity index (χ4v) is 14.1. The van der Waals surface area contributed by atoms with Crippen LogP contribution in [0.1, 0.15) is 123 Å². The van der Waals surface area contributed by atoms with Crippen molar-refractivity contribution in [2.75, 3.05) is 9.80 Å². The molecule has 2 heteroatoms. The summed E-state index contributed by atoms with van der Waals surface area (Å²) in [5.74, 6) is 0. The van der Waals surface area contributed by atoms with Crippen molar-refractivity contribution in [2.45, 2.75) is 83.5 Å². The molecule has 13 rings (SSSR count). The Morgan fingerprint density at radius 1 is 0.266 bits per heavy atom. The Bertz CT molecular complexity index is 3630. The van der Waals surface area contributed by atoms with Gasteiger partial charge in [0.25, 0.3) is 0 Å². The van der Waals surface area contributed by atoms with E-state index in [0.29, 0.717) is 0 Å². The van der Waals surface area contributed by atoms with Gasteiger partial charge in [0.1, 0.15) is 0 Å². The van der Waals surface area contributed by atoms with Crippen molar-refractivity contribution in [1.82, 2.24) is 0 Å². The first-order valence-electron chi connectivity index (χ1n) is 28.7. The summed E-state index contributed by atoms with van der Waals surface area (Å²) in [6.45, 7) is 14.3. The van der Waals surface area contributed by atoms with Crippen LogP contribution in [0.15, 0.2) is 231 Å². The molecule has 10 aromatic rings. The molecule has 2 nitrogen and oxygen atoms in total. The molecule has 0 heterocycles. The second-order valence-corrected chi connectivity index (χ2v) is 22.6. The standard InChI is InChI=1S/C77H68N2/c1-7-76(8-2)71-49-55(37-43-65(71)67-45-39-61(51-73(67)76)78(57-23-15-11-16-24-57)58-25-17-12-18-26-58)33-31-53-35-41-63-64-42-36-54(48-70(64)75(5,6)69(63)47-53)32-34-56-38-44-66-68-46-40-62(52-74(68)77(9-3,10-4)72(66)50-56)79(59-27-19-13-20-28-59)60-29-21-14-22-30-60/h11-52H,7-10H2,1-6H3. The molecule has 0 bridgehead atoms. The highest BCUT2D eigenvalue weighted by Crippen LogP contribution is 2.57. The summed E-state index contributed by atoms with van der Waals surface area (Å²) < 4.78 is 0. The lowest BCUT2D eigenvalue weighted by molar-refractivity contribution is 0.490. The molecule has 10 aromatic carbocycles. The largest absolute Gasteiger partial charge is 0.310 e. The molecule has 0 atom stereocenters. The Morgan fingerprint density at radius 3 is 0.785 bits per heavy atom. The van der Waals surface area contributed by atoms with Gasteiger partial charge in [-0.1, -0.05) is 224 Å². The maximum Gasteiger partial charge on any atom is 0.0465 e. The van der Waals surface area contributed by atoms with Crippen molar-refractivity contribution >= 4 is 58.4 Å². The summed E-state index contributed by atoms with van der Waals surface area (Å²) in [5.41, 5.74) is 28.2. The topological polar surface area (TPSA) is 6.48 Å². The first-order valence-corrected chi connectivity index (χ1v) is 28.7. The van der Waals surface area contributed by atoms with Crippen LogP contribution in [0.5, 0.6) is 0 Å². The minimum atomic E-state index is -0.147. The van der Waals surface area contributed by atoms with E-state index in [9.17, 15) is 0 Å². The fraction of sp³-hybridized carbons (Fsp3) is 0.169. The molecule has 0 saturated heterocycles. The number of nitrogens with zero attached hydrogens (tertiary/aromatic N) is 2. The average molecular weight is 1020 g/mol. The summed E-state index contributed by atoms with van der Waals surface area (Å²) in [5, 5.41) is 0. The first-order chi connectivity index (χ1) is 38.7.